The molecule has 0 aromatic carbocycles. The fourth-order valence-corrected chi connectivity index (χ4v) is 2.51. The highest BCUT2D eigenvalue weighted by molar-refractivity contribution is 14.0. The molecule has 0 bridgehead atoms. The van der Waals surface area contributed by atoms with Crippen LogP contribution in [0.2, 0.25) is 0 Å². The number of nitrogens with zero attached hydrogens (tertiary/aromatic N) is 1. The van der Waals surface area contributed by atoms with Crippen LogP contribution in [-0.4, -0.2) is 52.0 Å². The van der Waals surface area contributed by atoms with Gasteiger partial charge in [-0.2, -0.15) is 0 Å². The summed E-state index contributed by atoms with van der Waals surface area (Å²) in [5, 5.41) is 6.91. The molecule has 0 heterocycles. The molecule has 0 spiro atoms. The van der Waals surface area contributed by atoms with Gasteiger partial charge < -0.3 is 20.1 Å². The maximum atomic E-state index is 5.45. The summed E-state index contributed by atoms with van der Waals surface area (Å²) in [5.74, 6) is 0.977. The van der Waals surface area contributed by atoms with E-state index in [-0.39, 0.29) is 24.0 Å². The van der Waals surface area contributed by atoms with E-state index in [1.807, 2.05) is 0 Å². The normalized spacial score (nSPS) is 16.2. The third kappa shape index (κ3) is 11.5. The van der Waals surface area contributed by atoms with Gasteiger partial charge in [-0.15, -0.1) is 24.0 Å². The smallest absolute Gasteiger partial charge is 0.191 e. The molecule has 0 unspecified atom stereocenters. The minimum atomic E-state index is 0. The van der Waals surface area contributed by atoms with Crippen LogP contribution in [0.3, 0.4) is 0 Å². The fraction of sp³-hybridized carbons (Fsp3) is 0.938. The van der Waals surface area contributed by atoms with Gasteiger partial charge in [0.15, 0.2) is 5.96 Å². The quantitative estimate of drug-likeness (QED) is 0.244. The number of rotatable bonds is 10. The summed E-state index contributed by atoms with van der Waals surface area (Å²) in [6, 6.07) is 0.605. The lowest BCUT2D eigenvalue weighted by Crippen LogP contribution is -2.44. The van der Waals surface area contributed by atoms with Crippen molar-refractivity contribution in [2.24, 2.45) is 4.99 Å². The van der Waals surface area contributed by atoms with E-state index in [1.54, 1.807) is 7.11 Å². The molecule has 132 valence electrons. The average Bonchev–Trinajstić information content (AvgIpc) is 2.51. The van der Waals surface area contributed by atoms with Gasteiger partial charge in [0.2, 0.25) is 0 Å². The van der Waals surface area contributed by atoms with E-state index in [1.165, 1.54) is 32.1 Å². The molecule has 22 heavy (non-hydrogen) atoms. The number of unbranched alkanes of at least 4 members (excludes halogenated alkanes) is 1. The summed E-state index contributed by atoms with van der Waals surface area (Å²) in [6.07, 6.45) is 8.74. The van der Waals surface area contributed by atoms with Gasteiger partial charge in [0.1, 0.15) is 0 Å². The molecule has 0 aromatic heterocycles. The van der Waals surface area contributed by atoms with Crippen LogP contribution in [0.1, 0.15) is 51.9 Å². The zero-order chi connectivity index (χ0) is 15.2. The van der Waals surface area contributed by atoms with Gasteiger partial charge >= 0.3 is 0 Å². The highest BCUT2D eigenvalue weighted by Gasteiger charge is 2.14. The third-order valence-corrected chi connectivity index (χ3v) is 3.69. The highest BCUT2D eigenvalue weighted by atomic mass is 127. The van der Waals surface area contributed by atoms with Crippen LogP contribution >= 0.6 is 24.0 Å². The van der Waals surface area contributed by atoms with E-state index in [0.29, 0.717) is 19.3 Å². The number of methoxy groups -OCH3 is 1. The molecule has 5 nitrogen and oxygen atoms in total. The van der Waals surface area contributed by atoms with E-state index in [0.717, 1.165) is 38.5 Å². The van der Waals surface area contributed by atoms with Gasteiger partial charge in [-0.05, 0) is 32.6 Å². The first-order valence-corrected chi connectivity index (χ1v) is 8.48. The van der Waals surface area contributed by atoms with Gasteiger partial charge in [0.05, 0.1) is 13.2 Å². The number of guanidine groups is 1. The molecule has 1 saturated carbocycles. The molecule has 6 heteroatoms. The Morgan fingerprint density at radius 2 is 1.86 bits per heavy atom. The molecular weight excluding hydrogens is 393 g/mol. The molecule has 1 aliphatic rings. The van der Waals surface area contributed by atoms with E-state index in [2.05, 4.69) is 22.5 Å². The molecular formula is C16H34IN3O2. The molecule has 1 rings (SSSR count). The Balaban J connectivity index is 0.00000441. The third-order valence-electron chi connectivity index (χ3n) is 3.69. The number of hydrogen-bond donors (Lipinski definition) is 2. The van der Waals surface area contributed by atoms with Crippen molar-refractivity contribution in [2.75, 3.05) is 40.0 Å². The molecule has 0 aliphatic heterocycles. The van der Waals surface area contributed by atoms with Crippen LogP contribution in [0.15, 0.2) is 4.99 Å². The second-order valence-electron chi connectivity index (χ2n) is 5.55. The maximum absolute atomic E-state index is 5.45. The molecule has 0 radical (unpaired) electrons. The monoisotopic (exact) mass is 427 g/mol. The van der Waals surface area contributed by atoms with Crippen LogP contribution < -0.4 is 10.6 Å². The number of nitrogens with one attached hydrogen (secondary N) is 2. The predicted molar refractivity (Wildman–Crippen MR) is 103 cm³/mol. The van der Waals surface area contributed by atoms with Crippen LogP contribution in [0.5, 0.6) is 0 Å². The first-order valence-electron chi connectivity index (χ1n) is 8.48. The van der Waals surface area contributed by atoms with E-state index in [4.69, 9.17) is 9.47 Å². The lowest BCUT2D eigenvalue weighted by molar-refractivity contribution is 0.0690. The summed E-state index contributed by atoms with van der Waals surface area (Å²) < 4.78 is 10.4. The summed E-state index contributed by atoms with van der Waals surface area (Å²) >= 11 is 0. The van der Waals surface area contributed by atoms with Crippen molar-refractivity contribution in [3.63, 3.8) is 0 Å². The minimum Gasteiger partial charge on any atom is -0.382 e. The molecule has 0 amide bonds. The minimum absolute atomic E-state index is 0. The van der Waals surface area contributed by atoms with Crippen LogP contribution in [0.25, 0.3) is 0 Å². The standard InChI is InChI=1S/C16H33N3O2.HI/c1-3-17-16(19-15-9-5-4-6-10-15)18-11-7-8-12-21-14-13-20-2;/h15H,3-14H2,1-2H3,(H2,17,18,19);1H. The lowest BCUT2D eigenvalue weighted by atomic mass is 9.96. The zero-order valence-corrected chi connectivity index (χ0v) is 16.6. The maximum Gasteiger partial charge on any atom is 0.191 e. The Bertz CT molecular complexity index is 272. The fourth-order valence-electron chi connectivity index (χ4n) is 2.51. The van der Waals surface area contributed by atoms with E-state index >= 15 is 0 Å². The summed E-state index contributed by atoms with van der Waals surface area (Å²) in [4.78, 5) is 4.66. The lowest BCUT2D eigenvalue weighted by Gasteiger charge is -2.24. The number of ether oxygens (including phenoxy) is 2. The van der Waals surface area contributed by atoms with Crippen molar-refractivity contribution in [1.82, 2.24) is 10.6 Å². The zero-order valence-electron chi connectivity index (χ0n) is 14.2. The SMILES string of the molecule is CCNC(=NCCCCOCCOC)NC1CCCCC1.I. The van der Waals surface area contributed by atoms with Crippen LogP contribution in [0.4, 0.5) is 0 Å². The first kappa shape index (κ1) is 21.9. The number of aliphatic imine (C=N–C) groups is 1. The second kappa shape index (κ2) is 15.8. The molecule has 2 N–H and O–H groups in total. The van der Waals surface area contributed by atoms with Gasteiger partial charge in [-0.1, -0.05) is 19.3 Å². The van der Waals surface area contributed by atoms with Crippen molar-refractivity contribution >= 4 is 29.9 Å². The highest BCUT2D eigenvalue weighted by Crippen LogP contribution is 2.17. The van der Waals surface area contributed by atoms with E-state index in [9.17, 15) is 0 Å². The van der Waals surface area contributed by atoms with Gasteiger partial charge in [0.25, 0.3) is 0 Å². The summed E-state index contributed by atoms with van der Waals surface area (Å²) in [6.45, 7) is 6.04. The van der Waals surface area contributed by atoms with Crippen molar-refractivity contribution < 1.29 is 9.47 Å². The number of hydrogen-bond acceptors (Lipinski definition) is 3. The van der Waals surface area contributed by atoms with Gasteiger partial charge in [-0.3, -0.25) is 4.99 Å². The second-order valence-corrected chi connectivity index (χ2v) is 5.55. The molecule has 0 aromatic rings. The molecule has 1 fully saturated rings. The average molecular weight is 427 g/mol. The Kier molecular flexibility index (Phi) is 15.7. The van der Waals surface area contributed by atoms with Crippen LogP contribution in [0, 0.1) is 0 Å². The van der Waals surface area contributed by atoms with Crippen molar-refractivity contribution in [3.05, 3.63) is 0 Å². The summed E-state index contributed by atoms with van der Waals surface area (Å²) in [5.41, 5.74) is 0. The van der Waals surface area contributed by atoms with Crippen LogP contribution in [-0.2, 0) is 9.47 Å². The van der Waals surface area contributed by atoms with Gasteiger partial charge in [-0.25, -0.2) is 0 Å². The Labute approximate surface area is 153 Å². The Hall–Kier alpha value is -0.0800. The van der Waals surface area contributed by atoms with Crippen molar-refractivity contribution in [3.8, 4) is 0 Å². The van der Waals surface area contributed by atoms with Crippen molar-refractivity contribution in [1.29, 1.82) is 0 Å². The predicted octanol–water partition coefficient (Wildman–Crippen LogP) is 2.94. The topological polar surface area (TPSA) is 54.9 Å². The largest absolute Gasteiger partial charge is 0.382 e. The number of halogens is 1. The van der Waals surface area contributed by atoms with Crippen molar-refractivity contribution in [2.45, 2.75) is 57.9 Å². The van der Waals surface area contributed by atoms with Gasteiger partial charge in [0, 0.05) is 32.8 Å². The Morgan fingerprint density at radius 3 is 2.55 bits per heavy atom. The Morgan fingerprint density at radius 1 is 1.09 bits per heavy atom. The molecule has 1 aliphatic carbocycles. The molecule has 0 saturated heterocycles. The first-order chi connectivity index (χ1) is 10.4. The molecule has 0 atom stereocenters. The summed E-state index contributed by atoms with van der Waals surface area (Å²) in [7, 11) is 1.69. The van der Waals surface area contributed by atoms with E-state index < -0.39 is 0 Å².